The van der Waals surface area contributed by atoms with Crippen molar-refractivity contribution in [1.82, 2.24) is 0 Å². The van der Waals surface area contributed by atoms with Gasteiger partial charge in [0.05, 0.1) is 5.60 Å². The summed E-state index contributed by atoms with van der Waals surface area (Å²) >= 11 is 0. The third kappa shape index (κ3) is 6.28. The Kier molecular flexibility index (Phi) is 4.65. The second-order valence-corrected chi connectivity index (χ2v) is 3.25. The van der Waals surface area contributed by atoms with Gasteiger partial charge in [0.2, 0.25) is 0 Å². The first-order valence-corrected chi connectivity index (χ1v) is 3.77. The summed E-state index contributed by atoms with van der Waals surface area (Å²) in [6.07, 6.45) is 1.21. The highest BCUT2D eigenvalue weighted by atomic mass is 16.7. The first-order chi connectivity index (χ1) is 4.99. The minimum atomic E-state index is -0.630. The Bertz CT molecular complexity index is 92.0. The smallest absolute Gasteiger partial charge is 0.156 e. The molecule has 0 fully saturated rings. The first-order valence-electron chi connectivity index (χ1n) is 3.77. The molecule has 0 heterocycles. The van der Waals surface area contributed by atoms with E-state index in [1.165, 1.54) is 0 Å². The number of methoxy groups -OCH3 is 2. The Hall–Kier alpha value is -0.120. The molecule has 0 aliphatic carbocycles. The number of ether oxygens (including phenoxy) is 2. The molecule has 3 heteroatoms. The lowest BCUT2D eigenvalue weighted by atomic mass is 10.0. The van der Waals surface area contributed by atoms with Crippen LogP contribution < -0.4 is 0 Å². The van der Waals surface area contributed by atoms with E-state index >= 15 is 0 Å². The van der Waals surface area contributed by atoms with Gasteiger partial charge in [0, 0.05) is 20.6 Å². The van der Waals surface area contributed by atoms with Crippen LogP contribution in [0.2, 0.25) is 0 Å². The summed E-state index contributed by atoms with van der Waals surface area (Å²) in [5.74, 6) is 0. The van der Waals surface area contributed by atoms with Crippen molar-refractivity contribution in [3.63, 3.8) is 0 Å². The Balaban J connectivity index is 3.51. The van der Waals surface area contributed by atoms with Crippen LogP contribution >= 0.6 is 0 Å². The molecule has 3 nitrogen and oxygen atoms in total. The minimum absolute atomic E-state index is 0.193. The predicted octanol–water partition coefficient (Wildman–Crippen LogP) is 1.16. The van der Waals surface area contributed by atoms with E-state index in [9.17, 15) is 5.11 Å². The second kappa shape index (κ2) is 4.70. The van der Waals surface area contributed by atoms with E-state index in [0.29, 0.717) is 6.42 Å². The van der Waals surface area contributed by atoms with Gasteiger partial charge < -0.3 is 14.6 Å². The van der Waals surface area contributed by atoms with Gasteiger partial charge >= 0.3 is 0 Å². The largest absolute Gasteiger partial charge is 0.390 e. The third-order valence-electron chi connectivity index (χ3n) is 1.52. The van der Waals surface area contributed by atoms with Crippen LogP contribution in [0.3, 0.4) is 0 Å². The summed E-state index contributed by atoms with van der Waals surface area (Å²) in [5, 5.41) is 9.35. The fourth-order valence-corrected chi connectivity index (χ4v) is 0.803. The van der Waals surface area contributed by atoms with Crippen molar-refractivity contribution in [2.24, 2.45) is 0 Å². The lowest BCUT2D eigenvalue weighted by Gasteiger charge is -2.20. The van der Waals surface area contributed by atoms with Crippen LogP contribution in [0.25, 0.3) is 0 Å². The van der Waals surface area contributed by atoms with Gasteiger partial charge in [-0.3, -0.25) is 0 Å². The highest BCUT2D eigenvalue weighted by Gasteiger charge is 2.15. The van der Waals surface area contributed by atoms with Crippen LogP contribution in [0.4, 0.5) is 0 Å². The SMILES string of the molecule is COC(CCC(C)(C)O)OC. The van der Waals surface area contributed by atoms with Crippen molar-refractivity contribution in [2.75, 3.05) is 14.2 Å². The molecule has 0 amide bonds. The van der Waals surface area contributed by atoms with Gasteiger partial charge in [0.25, 0.3) is 0 Å². The van der Waals surface area contributed by atoms with Gasteiger partial charge in [0.1, 0.15) is 0 Å². The number of rotatable bonds is 5. The molecule has 1 N–H and O–H groups in total. The zero-order valence-electron chi connectivity index (χ0n) is 7.76. The molecule has 0 atom stereocenters. The van der Waals surface area contributed by atoms with Gasteiger partial charge in [-0.2, -0.15) is 0 Å². The van der Waals surface area contributed by atoms with Crippen LogP contribution in [-0.4, -0.2) is 31.2 Å². The van der Waals surface area contributed by atoms with Crippen LogP contribution in [0, 0.1) is 0 Å². The average Bonchev–Trinajstić information content (AvgIpc) is 1.88. The molecule has 0 aromatic rings. The van der Waals surface area contributed by atoms with Gasteiger partial charge in [0.15, 0.2) is 6.29 Å². The maximum Gasteiger partial charge on any atom is 0.156 e. The summed E-state index contributed by atoms with van der Waals surface area (Å²) in [6, 6.07) is 0. The minimum Gasteiger partial charge on any atom is -0.390 e. The predicted molar refractivity (Wildman–Crippen MR) is 43.3 cm³/mol. The molecule has 0 unspecified atom stereocenters. The summed E-state index contributed by atoms with van der Waals surface area (Å²) in [6.45, 7) is 3.55. The van der Waals surface area contributed by atoms with Gasteiger partial charge in [-0.15, -0.1) is 0 Å². The van der Waals surface area contributed by atoms with E-state index in [1.807, 2.05) is 0 Å². The van der Waals surface area contributed by atoms with Crippen molar-refractivity contribution in [3.8, 4) is 0 Å². The molecule has 0 spiro atoms. The van der Waals surface area contributed by atoms with Crippen molar-refractivity contribution >= 4 is 0 Å². The maximum atomic E-state index is 9.35. The molecular formula is C8H18O3. The molecule has 0 rings (SSSR count). The van der Waals surface area contributed by atoms with E-state index in [2.05, 4.69) is 0 Å². The summed E-state index contributed by atoms with van der Waals surface area (Å²) in [4.78, 5) is 0. The van der Waals surface area contributed by atoms with Crippen LogP contribution in [0.5, 0.6) is 0 Å². The summed E-state index contributed by atoms with van der Waals surface area (Å²) < 4.78 is 9.92. The number of aliphatic hydroxyl groups is 1. The van der Waals surface area contributed by atoms with Gasteiger partial charge in [-0.1, -0.05) is 0 Å². The van der Waals surface area contributed by atoms with Crippen LogP contribution in [0.15, 0.2) is 0 Å². The zero-order chi connectivity index (χ0) is 8.91. The number of hydrogen-bond acceptors (Lipinski definition) is 3. The van der Waals surface area contributed by atoms with E-state index in [1.54, 1.807) is 28.1 Å². The van der Waals surface area contributed by atoms with Gasteiger partial charge in [-0.05, 0) is 20.3 Å². The Labute approximate surface area is 68.3 Å². The Morgan fingerprint density at radius 1 is 1.27 bits per heavy atom. The zero-order valence-corrected chi connectivity index (χ0v) is 7.76. The second-order valence-electron chi connectivity index (χ2n) is 3.25. The first kappa shape index (κ1) is 10.9. The standard InChI is InChI=1S/C8H18O3/c1-8(2,9)6-5-7(10-3)11-4/h7,9H,5-6H2,1-4H3. The van der Waals surface area contributed by atoms with Crippen molar-refractivity contribution in [2.45, 2.75) is 38.6 Å². The normalized spacial score (nSPS) is 12.5. The van der Waals surface area contributed by atoms with Gasteiger partial charge in [-0.25, -0.2) is 0 Å². The summed E-state index contributed by atoms with van der Waals surface area (Å²) in [7, 11) is 3.19. The fourth-order valence-electron chi connectivity index (χ4n) is 0.803. The fraction of sp³-hybridized carbons (Fsp3) is 1.00. The quantitative estimate of drug-likeness (QED) is 0.616. The van der Waals surface area contributed by atoms with Crippen LogP contribution in [0.1, 0.15) is 26.7 Å². The van der Waals surface area contributed by atoms with Crippen molar-refractivity contribution in [1.29, 1.82) is 0 Å². The van der Waals surface area contributed by atoms with Crippen molar-refractivity contribution in [3.05, 3.63) is 0 Å². The molecule has 0 radical (unpaired) electrons. The molecule has 0 aliphatic rings. The lowest BCUT2D eigenvalue weighted by Crippen LogP contribution is -2.23. The van der Waals surface area contributed by atoms with E-state index < -0.39 is 5.60 Å². The topological polar surface area (TPSA) is 38.7 Å². The highest BCUT2D eigenvalue weighted by Crippen LogP contribution is 2.13. The van der Waals surface area contributed by atoms with E-state index in [0.717, 1.165) is 6.42 Å². The maximum absolute atomic E-state index is 9.35. The van der Waals surface area contributed by atoms with Crippen LogP contribution in [-0.2, 0) is 9.47 Å². The molecule has 0 saturated carbocycles. The Morgan fingerprint density at radius 3 is 2.00 bits per heavy atom. The molecule has 0 aliphatic heterocycles. The molecule has 0 bridgehead atoms. The van der Waals surface area contributed by atoms with E-state index in [-0.39, 0.29) is 6.29 Å². The Morgan fingerprint density at radius 2 is 1.73 bits per heavy atom. The molecule has 0 aromatic heterocycles. The molecule has 0 saturated heterocycles. The monoisotopic (exact) mass is 162 g/mol. The number of hydrogen-bond donors (Lipinski definition) is 1. The highest BCUT2D eigenvalue weighted by molar-refractivity contribution is 4.65. The van der Waals surface area contributed by atoms with Crippen molar-refractivity contribution < 1.29 is 14.6 Å². The lowest BCUT2D eigenvalue weighted by molar-refractivity contribution is -0.115. The molecule has 68 valence electrons. The molecular weight excluding hydrogens is 144 g/mol. The summed E-state index contributed by atoms with van der Waals surface area (Å²) in [5.41, 5.74) is -0.630. The molecule has 0 aromatic carbocycles. The molecule has 11 heavy (non-hydrogen) atoms. The van der Waals surface area contributed by atoms with E-state index in [4.69, 9.17) is 9.47 Å². The third-order valence-corrected chi connectivity index (χ3v) is 1.52. The average molecular weight is 162 g/mol.